The molecular formula is C30H37FN6O2. The zero-order valence-corrected chi connectivity index (χ0v) is 23.1. The number of amides is 2. The first-order valence-corrected chi connectivity index (χ1v) is 13.3. The SMILES string of the molecule is C=NC[C@@]1(C2CC2)CCN(c2cc(C)nc(C(=O)NCc3cc(F)cc(/C(C=N)=C/NC(C)(C)C)c3)c2)C1=O. The van der Waals surface area contributed by atoms with E-state index in [1.807, 2.05) is 26.8 Å². The molecule has 1 saturated heterocycles. The maximum absolute atomic E-state index is 14.4. The first-order valence-electron chi connectivity index (χ1n) is 13.3. The van der Waals surface area contributed by atoms with Crippen molar-refractivity contribution < 1.29 is 14.0 Å². The van der Waals surface area contributed by atoms with Crippen molar-refractivity contribution in [3.05, 3.63) is 64.9 Å². The molecule has 0 radical (unpaired) electrons. The number of aromatic nitrogens is 1. The first kappa shape index (κ1) is 28.1. The minimum Gasteiger partial charge on any atom is -0.386 e. The van der Waals surface area contributed by atoms with Crippen molar-refractivity contribution in [2.75, 3.05) is 18.0 Å². The van der Waals surface area contributed by atoms with Gasteiger partial charge in [0.15, 0.2) is 0 Å². The minimum atomic E-state index is -0.497. The number of carbonyl (C=O) groups is 2. The molecule has 1 aliphatic carbocycles. The Labute approximate surface area is 229 Å². The molecule has 1 aromatic heterocycles. The number of anilines is 1. The third-order valence-electron chi connectivity index (χ3n) is 7.25. The van der Waals surface area contributed by atoms with Gasteiger partial charge in [-0.25, -0.2) is 9.37 Å². The van der Waals surface area contributed by atoms with Crippen LogP contribution in [0.3, 0.4) is 0 Å². The van der Waals surface area contributed by atoms with Crippen LogP contribution >= 0.6 is 0 Å². The van der Waals surface area contributed by atoms with E-state index in [4.69, 9.17) is 5.41 Å². The number of aliphatic imine (C=N–C) groups is 1. The number of allylic oxidation sites excluding steroid dienone is 1. The van der Waals surface area contributed by atoms with E-state index >= 15 is 0 Å². The fraction of sp³-hybridized carbons (Fsp3) is 0.433. The number of halogens is 1. The summed E-state index contributed by atoms with van der Waals surface area (Å²) in [5.74, 6) is -0.500. The van der Waals surface area contributed by atoms with Gasteiger partial charge in [-0.05, 0) is 101 Å². The van der Waals surface area contributed by atoms with E-state index in [1.165, 1.54) is 12.1 Å². The normalized spacial score (nSPS) is 19.7. The summed E-state index contributed by atoms with van der Waals surface area (Å²) < 4.78 is 14.4. The van der Waals surface area contributed by atoms with Gasteiger partial charge in [0.2, 0.25) is 5.91 Å². The van der Waals surface area contributed by atoms with Crippen LogP contribution in [0.1, 0.15) is 67.3 Å². The van der Waals surface area contributed by atoms with Crippen molar-refractivity contribution in [1.29, 1.82) is 5.41 Å². The summed E-state index contributed by atoms with van der Waals surface area (Å²) in [5.41, 5.74) is 2.35. The fourth-order valence-corrected chi connectivity index (χ4v) is 5.14. The van der Waals surface area contributed by atoms with Crippen molar-refractivity contribution in [2.45, 2.75) is 59.0 Å². The van der Waals surface area contributed by atoms with E-state index in [2.05, 4.69) is 27.3 Å². The highest BCUT2D eigenvalue weighted by molar-refractivity contribution is 6.08. The van der Waals surface area contributed by atoms with Crippen LogP contribution in [-0.2, 0) is 11.3 Å². The quantitative estimate of drug-likeness (QED) is 0.386. The van der Waals surface area contributed by atoms with Crippen LogP contribution in [0.2, 0.25) is 0 Å². The van der Waals surface area contributed by atoms with Gasteiger partial charge in [0.05, 0.1) is 12.0 Å². The molecule has 1 aliphatic heterocycles. The van der Waals surface area contributed by atoms with Gasteiger partial charge in [0.25, 0.3) is 5.91 Å². The lowest BCUT2D eigenvalue weighted by Crippen LogP contribution is -2.38. The van der Waals surface area contributed by atoms with Gasteiger partial charge < -0.3 is 20.9 Å². The molecule has 3 N–H and O–H groups in total. The zero-order chi connectivity index (χ0) is 28.4. The van der Waals surface area contributed by atoms with Gasteiger partial charge in [0, 0.05) is 48.0 Å². The molecule has 1 atom stereocenters. The van der Waals surface area contributed by atoms with Crippen LogP contribution in [0.15, 0.2) is 41.5 Å². The molecule has 2 aromatic rings. The third kappa shape index (κ3) is 6.41. The molecule has 9 heteroatoms. The Morgan fingerprint density at radius 2 is 2.03 bits per heavy atom. The summed E-state index contributed by atoms with van der Waals surface area (Å²) in [6.07, 6.45) is 5.63. The topological polar surface area (TPSA) is 111 Å². The Hall–Kier alpha value is -3.88. The lowest BCUT2D eigenvalue weighted by atomic mass is 9.81. The summed E-state index contributed by atoms with van der Waals surface area (Å²) in [6, 6.07) is 7.90. The average Bonchev–Trinajstić information content (AvgIpc) is 3.67. The monoisotopic (exact) mass is 532 g/mol. The number of rotatable bonds is 10. The second-order valence-electron chi connectivity index (χ2n) is 11.5. The van der Waals surface area contributed by atoms with E-state index < -0.39 is 17.1 Å². The van der Waals surface area contributed by atoms with Crippen molar-refractivity contribution >= 4 is 36.0 Å². The number of benzene rings is 1. The molecule has 2 heterocycles. The fourth-order valence-electron chi connectivity index (χ4n) is 5.14. The Balaban J connectivity index is 1.50. The molecular weight excluding hydrogens is 495 g/mol. The molecule has 2 aliphatic rings. The van der Waals surface area contributed by atoms with Crippen molar-refractivity contribution in [3.63, 3.8) is 0 Å². The van der Waals surface area contributed by atoms with Crippen LogP contribution in [0, 0.1) is 29.5 Å². The highest BCUT2D eigenvalue weighted by Crippen LogP contribution is 2.52. The van der Waals surface area contributed by atoms with E-state index in [0.29, 0.717) is 47.1 Å². The number of carbonyl (C=O) groups excluding carboxylic acids is 2. The maximum Gasteiger partial charge on any atom is 0.270 e. The van der Waals surface area contributed by atoms with Crippen LogP contribution in [-0.4, -0.2) is 48.4 Å². The van der Waals surface area contributed by atoms with Gasteiger partial charge in [-0.2, -0.15) is 0 Å². The number of hydrogen-bond donors (Lipinski definition) is 3. The number of aryl methyl sites for hydroxylation is 1. The molecule has 2 fully saturated rings. The van der Waals surface area contributed by atoms with E-state index in [9.17, 15) is 14.0 Å². The summed E-state index contributed by atoms with van der Waals surface area (Å²) >= 11 is 0. The molecule has 0 spiro atoms. The lowest BCUT2D eigenvalue weighted by Gasteiger charge is -2.26. The number of nitrogens with zero attached hydrogens (tertiary/aromatic N) is 3. The van der Waals surface area contributed by atoms with E-state index in [1.54, 1.807) is 30.2 Å². The molecule has 4 rings (SSSR count). The van der Waals surface area contributed by atoms with E-state index in [-0.39, 0.29) is 23.7 Å². The number of nitrogens with one attached hydrogen (secondary N) is 3. The maximum atomic E-state index is 14.4. The average molecular weight is 533 g/mol. The predicted molar refractivity (Wildman–Crippen MR) is 153 cm³/mol. The summed E-state index contributed by atoms with van der Waals surface area (Å²) in [4.78, 5) is 36.8. The van der Waals surface area contributed by atoms with E-state index in [0.717, 1.165) is 25.5 Å². The van der Waals surface area contributed by atoms with Gasteiger partial charge in [0.1, 0.15) is 11.5 Å². The highest BCUT2D eigenvalue weighted by atomic mass is 19.1. The zero-order valence-electron chi connectivity index (χ0n) is 23.1. The molecule has 0 unspecified atom stereocenters. The second-order valence-corrected chi connectivity index (χ2v) is 11.5. The number of hydrogen-bond acceptors (Lipinski definition) is 6. The van der Waals surface area contributed by atoms with Crippen LogP contribution in [0.5, 0.6) is 0 Å². The predicted octanol–water partition coefficient (Wildman–Crippen LogP) is 4.67. The summed E-state index contributed by atoms with van der Waals surface area (Å²) in [5, 5.41) is 13.8. The van der Waals surface area contributed by atoms with Crippen molar-refractivity contribution in [2.24, 2.45) is 16.3 Å². The third-order valence-corrected chi connectivity index (χ3v) is 7.25. The molecule has 8 nitrogen and oxygen atoms in total. The first-order chi connectivity index (χ1) is 18.5. The van der Waals surface area contributed by atoms with Gasteiger partial charge in [-0.1, -0.05) is 0 Å². The van der Waals surface area contributed by atoms with Gasteiger partial charge in [-0.15, -0.1) is 0 Å². The van der Waals surface area contributed by atoms with Crippen LogP contribution in [0.4, 0.5) is 10.1 Å². The molecule has 1 aromatic carbocycles. The Kier molecular flexibility index (Phi) is 7.99. The molecule has 2 amide bonds. The Morgan fingerprint density at radius 3 is 2.67 bits per heavy atom. The van der Waals surface area contributed by atoms with Crippen molar-refractivity contribution in [3.8, 4) is 0 Å². The Morgan fingerprint density at radius 1 is 1.28 bits per heavy atom. The smallest absolute Gasteiger partial charge is 0.270 e. The van der Waals surface area contributed by atoms with Crippen LogP contribution < -0.4 is 15.5 Å². The van der Waals surface area contributed by atoms with Gasteiger partial charge in [-0.3, -0.25) is 14.6 Å². The largest absolute Gasteiger partial charge is 0.386 e. The van der Waals surface area contributed by atoms with Crippen LogP contribution in [0.25, 0.3) is 5.57 Å². The standard InChI is InChI=1S/C30H37FN6O2/c1-19-10-25(37-9-8-30(18-33-5,28(37)39)23-6-7-23)14-26(36-19)27(38)34-16-20-11-21(13-24(31)12-20)22(15-32)17-35-29(2,3)4/h10-15,17,23,32,35H,5-9,16,18H2,1-4H3,(H,34,38)/b22-17+,32-15?/t30-/m1/s1. The minimum absolute atomic E-state index is 0.0395. The summed E-state index contributed by atoms with van der Waals surface area (Å²) in [7, 11) is 0. The molecule has 1 saturated carbocycles. The van der Waals surface area contributed by atoms with Crippen molar-refractivity contribution in [1.82, 2.24) is 15.6 Å². The molecule has 206 valence electrons. The second kappa shape index (κ2) is 11.1. The molecule has 39 heavy (non-hydrogen) atoms. The highest BCUT2D eigenvalue weighted by Gasteiger charge is 2.55. The Bertz CT molecular complexity index is 1330. The lowest BCUT2D eigenvalue weighted by molar-refractivity contribution is -0.126. The number of pyridine rings is 1. The summed E-state index contributed by atoms with van der Waals surface area (Å²) in [6.45, 7) is 12.4. The molecule has 0 bridgehead atoms. The van der Waals surface area contributed by atoms with Gasteiger partial charge >= 0.3 is 0 Å².